The highest BCUT2D eigenvalue weighted by Crippen LogP contribution is 2.40. The number of rotatable bonds is 4. The molecule has 0 saturated heterocycles. The van der Waals surface area contributed by atoms with Crippen LogP contribution in [-0.4, -0.2) is 27.2 Å². The van der Waals surface area contributed by atoms with E-state index in [-0.39, 0.29) is 0 Å². The highest BCUT2D eigenvalue weighted by Gasteiger charge is 2.36. The molecular formula is C15H24BrN3O. The lowest BCUT2D eigenvalue weighted by atomic mass is 9.71. The number of aliphatic hydroxyl groups is 1. The molecule has 1 fully saturated rings. The van der Waals surface area contributed by atoms with Crippen molar-refractivity contribution in [2.24, 2.45) is 5.41 Å². The van der Waals surface area contributed by atoms with Crippen LogP contribution in [0.3, 0.4) is 0 Å². The van der Waals surface area contributed by atoms with Crippen LogP contribution in [0.1, 0.15) is 52.3 Å². The molecule has 0 radical (unpaired) electrons. The van der Waals surface area contributed by atoms with Crippen LogP contribution in [0, 0.1) is 5.41 Å². The van der Waals surface area contributed by atoms with Gasteiger partial charge in [0, 0.05) is 19.0 Å². The summed E-state index contributed by atoms with van der Waals surface area (Å²) >= 11 is 3.39. The molecule has 1 aromatic heterocycles. The first-order valence-corrected chi connectivity index (χ1v) is 8.11. The lowest BCUT2D eigenvalue weighted by molar-refractivity contribution is -0.0145. The van der Waals surface area contributed by atoms with Crippen molar-refractivity contribution in [1.29, 1.82) is 0 Å². The van der Waals surface area contributed by atoms with Gasteiger partial charge in [0.2, 0.25) is 0 Å². The fourth-order valence-electron chi connectivity index (χ4n) is 2.54. The second-order valence-electron chi connectivity index (χ2n) is 6.59. The molecule has 0 spiro atoms. The van der Waals surface area contributed by atoms with Crippen molar-refractivity contribution >= 4 is 21.7 Å². The van der Waals surface area contributed by atoms with Gasteiger partial charge < -0.3 is 10.4 Å². The first-order chi connectivity index (χ1) is 9.32. The molecule has 0 aliphatic heterocycles. The highest BCUT2D eigenvalue weighted by molar-refractivity contribution is 9.10. The number of hydrogen-bond donors (Lipinski definition) is 2. The molecule has 1 heterocycles. The zero-order valence-corrected chi connectivity index (χ0v) is 14.1. The summed E-state index contributed by atoms with van der Waals surface area (Å²) in [6.07, 6.45) is 4.63. The predicted octanol–water partition coefficient (Wildman–Crippen LogP) is 3.54. The lowest BCUT2D eigenvalue weighted by Gasteiger charge is -2.40. The summed E-state index contributed by atoms with van der Waals surface area (Å²) < 4.78 is 0.781. The van der Waals surface area contributed by atoms with Crippen molar-refractivity contribution in [1.82, 2.24) is 9.97 Å². The second kappa shape index (κ2) is 5.98. The van der Waals surface area contributed by atoms with E-state index in [9.17, 15) is 5.11 Å². The smallest absolute Gasteiger partial charge is 0.131 e. The standard InChI is InChI=1S/C15H24BrN3O/c1-4-12-18-11(16)9-13(19-12)17-10-15(20)7-5-14(2,3)6-8-15/h9,20H,4-8,10H2,1-3H3,(H,17,18,19). The fourth-order valence-corrected chi connectivity index (χ4v) is 2.96. The van der Waals surface area contributed by atoms with E-state index in [0.717, 1.165) is 48.3 Å². The number of aryl methyl sites for hydroxylation is 1. The molecule has 1 saturated carbocycles. The van der Waals surface area contributed by atoms with Crippen LogP contribution in [0.5, 0.6) is 0 Å². The maximum absolute atomic E-state index is 10.6. The Labute approximate surface area is 129 Å². The Morgan fingerprint density at radius 1 is 1.25 bits per heavy atom. The molecule has 0 bridgehead atoms. The van der Waals surface area contributed by atoms with Crippen LogP contribution in [0.4, 0.5) is 5.82 Å². The summed E-state index contributed by atoms with van der Waals surface area (Å²) in [7, 11) is 0. The van der Waals surface area contributed by atoms with Gasteiger partial charge in [-0.1, -0.05) is 20.8 Å². The molecule has 0 amide bonds. The maximum Gasteiger partial charge on any atom is 0.131 e. The van der Waals surface area contributed by atoms with Gasteiger partial charge >= 0.3 is 0 Å². The lowest BCUT2D eigenvalue weighted by Crippen LogP contribution is -2.42. The Kier molecular flexibility index (Phi) is 4.69. The Balaban J connectivity index is 1.97. The van der Waals surface area contributed by atoms with E-state index >= 15 is 0 Å². The third-order valence-corrected chi connectivity index (χ3v) is 4.60. The summed E-state index contributed by atoms with van der Waals surface area (Å²) in [6.45, 7) is 7.13. The van der Waals surface area contributed by atoms with E-state index in [1.54, 1.807) is 0 Å². The largest absolute Gasteiger partial charge is 0.388 e. The van der Waals surface area contributed by atoms with Crippen molar-refractivity contribution in [3.63, 3.8) is 0 Å². The third-order valence-electron chi connectivity index (χ3n) is 4.19. The molecule has 0 unspecified atom stereocenters. The van der Waals surface area contributed by atoms with Gasteiger partial charge in [0.05, 0.1) is 5.60 Å². The minimum Gasteiger partial charge on any atom is -0.388 e. The SMILES string of the molecule is CCc1nc(Br)cc(NCC2(O)CCC(C)(C)CC2)n1. The van der Waals surface area contributed by atoms with Gasteiger partial charge in [0.1, 0.15) is 16.2 Å². The number of nitrogens with zero attached hydrogens (tertiary/aromatic N) is 2. The van der Waals surface area contributed by atoms with E-state index < -0.39 is 5.60 Å². The molecule has 1 aliphatic carbocycles. The molecule has 1 aromatic rings. The van der Waals surface area contributed by atoms with Crippen molar-refractivity contribution in [3.05, 3.63) is 16.5 Å². The van der Waals surface area contributed by atoms with Gasteiger partial charge in [-0.25, -0.2) is 9.97 Å². The van der Waals surface area contributed by atoms with E-state index in [2.05, 4.69) is 45.1 Å². The number of halogens is 1. The van der Waals surface area contributed by atoms with E-state index in [1.807, 2.05) is 13.0 Å². The minimum absolute atomic E-state index is 0.361. The summed E-state index contributed by atoms with van der Waals surface area (Å²) in [5, 5.41) is 13.9. The van der Waals surface area contributed by atoms with Gasteiger partial charge in [0.15, 0.2) is 0 Å². The highest BCUT2D eigenvalue weighted by atomic mass is 79.9. The van der Waals surface area contributed by atoms with Crippen LogP contribution < -0.4 is 5.32 Å². The molecule has 5 heteroatoms. The van der Waals surface area contributed by atoms with Crippen LogP contribution >= 0.6 is 15.9 Å². The van der Waals surface area contributed by atoms with Crippen molar-refractivity contribution in [2.45, 2.75) is 58.5 Å². The summed E-state index contributed by atoms with van der Waals surface area (Å²) in [5.41, 5.74) is -0.251. The summed E-state index contributed by atoms with van der Waals surface area (Å²) in [4.78, 5) is 8.72. The first-order valence-electron chi connectivity index (χ1n) is 7.32. The van der Waals surface area contributed by atoms with Gasteiger partial charge in [-0.15, -0.1) is 0 Å². The summed E-state index contributed by atoms with van der Waals surface area (Å²) in [5.74, 6) is 1.58. The number of aromatic nitrogens is 2. The Bertz CT molecular complexity index is 466. The predicted molar refractivity (Wildman–Crippen MR) is 84.8 cm³/mol. The van der Waals surface area contributed by atoms with Crippen LogP contribution in [0.25, 0.3) is 0 Å². The number of nitrogens with one attached hydrogen (secondary N) is 1. The van der Waals surface area contributed by atoms with Crippen LogP contribution in [0.15, 0.2) is 10.7 Å². The molecule has 4 nitrogen and oxygen atoms in total. The average Bonchev–Trinajstić information content (AvgIpc) is 2.40. The van der Waals surface area contributed by atoms with Crippen LogP contribution in [0.2, 0.25) is 0 Å². The molecule has 20 heavy (non-hydrogen) atoms. The number of anilines is 1. The van der Waals surface area contributed by atoms with Crippen molar-refractivity contribution in [3.8, 4) is 0 Å². The average molecular weight is 342 g/mol. The van der Waals surface area contributed by atoms with E-state index in [1.165, 1.54) is 0 Å². The molecule has 112 valence electrons. The van der Waals surface area contributed by atoms with Crippen LogP contribution in [-0.2, 0) is 6.42 Å². The molecule has 0 aromatic carbocycles. The molecule has 2 N–H and O–H groups in total. The van der Waals surface area contributed by atoms with Gasteiger partial charge in [-0.05, 0) is 47.0 Å². The van der Waals surface area contributed by atoms with E-state index in [4.69, 9.17) is 0 Å². The molecule has 2 rings (SSSR count). The molecule has 0 atom stereocenters. The number of hydrogen-bond acceptors (Lipinski definition) is 4. The third kappa shape index (κ3) is 4.16. The second-order valence-corrected chi connectivity index (χ2v) is 7.40. The van der Waals surface area contributed by atoms with Crippen molar-refractivity contribution in [2.75, 3.05) is 11.9 Å². The van der Waals surface area contributed by atoms with Gasteiger partial charge in [-0.2, -0.15) is 0 Å². The zero-order chi connectivity index (χ0) is 14.8. The Morgan fingerprint density at radius 2 is 1.90 bits per heavy atom. The normalized spacial score (nSPS) is 20.6. The Morgan fingerprint density at radius 3 is 2.50 bits per heavy atom. The fraction of sp³-hybridized carbons (Fsp3) is 0.733. The topological polar surface area (TPSA) is 58.0 Å². The Hall–Kier alpha value is -0.680. The monoisotopic (exact) mass is 341 g/mol. The van der Waals surface area contributed by atoms with E-state index in [0.29, 0.717) is 12.0 Å². The maximum atomic E-state index is 10.6. The quantitative estimate of drug-likeness (QED) is 0.822. The van der Waals surface area contributed by atoms with Gasteiger partial charge in [0.25, 0.3) is 0 Å². The van der Waals surface area contributed by atoms with Gasteiger partial charge in [-0.3, -0.25) is 0 Å². The zero-order valence-electron chi connectivity index (χ0n) is 12.5. The minimum atomic E-state index is -0.612. The van der Waals surface area contributed by atoms with Crippen molar-refractivity contribution < 1.29 is 5.11 Å². The molecular weight excluding hydrogens is 318 g/mol. The first kappa shape index (κ1) is 15.7. The summed E-state index contributed by atoms with van der Waals surface area (Å²) in [6, 6.07) is 1.86. The molecule has 1 aliphatic rings.